The molecule has 0 radical (unpaired) electrons. The first-order valence-electron chi connectivity index (χ1n) is 2.84. The second-order valence-electron chi connectivity index (χ2n) is 1.94. The van der Waals surface area contributed by atoms with E-state index in [0.717, 1.165) is 0 Å². The second-order valence-corrected chi connectivity index (χ2v) is 1.94. The Bertz CT molecular complexity index is 373. The van der Waals surface area contributed by atoms with Gasteiger partial charge >= 0.3 is 11.7 Å². The fraction of sp³-hybridized carbons (Fsp3) is 0. The van der Waals surface area contributed by atoms with Gasteiger partial charge in [0.2, 0.25) is 0 Å². The highest BCUT2D eigenvalue weighted by Gasteiger charge is 2.12. The lowest BCUT2D eigenvalue weighted by atomic mass is 10.8. The van der Waals surface area contributed by atoms with Crippen LogP contribution in [0.1, 0.15) is 0 Å². The van der Waals surface area contributed by atoms with Crippen molar-refractivity contribution in [3.05, 3.63) is 28.7 Å². The number of fused-ring (bicyclic) bond motifs is 1. The Labute approximate surface area is 60.2 Å². The van der Waals surface area contributed by atoms with Crippen LogP contribution in [0.25, 0.3) is 5.84 Å². The molecule has 0 saturated heterocycles. The van der Waals surface area contributed by atoms with E-state index < -0.39 is 4.92 Å². The van der Waals surface area contributed by atoms with Gasteiger partial charge in [-0.3, -0.25) is 14.5 Å². The van der Waals surface area contributed by atoms with Crippen LogP contribution in [0.15, 0.2) is 23.0 Å². The predicted molar refractivity (Wildman–Crippen MR) is 34.1 cm³/mol. The molecule has 6 nitrogen and oxygen atoms in total. The van der Waals surface area contributed by atoms with Crippen LogP contribution in [-0.4, -0.2) is 14.3 Å². The van der Waals surface area contributed by atoms with Gasteiger partial charge in [0.25, 0.3) is 0 Å². The van der Waals surface area contributed by atoms with Gasteiger partial charge in [-0.05, 0) is 0 Å². The smallest absolute Gasteiger partial charge is 0.365 e. The van der Waals surface area contributed by atoms with Crippen molar-refractivity contribution in [3.63, 3.8) is 0 Å². The van der Waals surface area contributed by atoms with Crippen LogP contribution in [0.3, 0.4) is 0 Å². The second kappa shape index (κ2) is 1.82. The molecule has 0 aliphatic heterocycles. The van der Waals surface area contributed by atoms with Crippen LogP contribution in [-0.2, 0) is 0 Å². The van der Waals surface area contributed by atoms with E-state index in [-0.39, 0.29) is 11.7 Å². The van der Waals surface area contributed by atoms with Crippen molar-refractivity contribution in [2.24, 2.45) is 0 Å². The molecule has 0 N–H and O–H groups in total. The van der Waals surface area contributed by atoms with E-state index in [1.807, 2.05) is 0 Å². The summed E-state index contributed by atoms with van der Waals surface area (Å²) in [6.07, 6.45) is 4.34. The molecule has 6 heteroatoms. The van der Waals surface area contributed by atoms with Gasteiger partial charge in [0.05, 0.1) is 0 Å². The van der Waals surface area contributed by atoms with Gasteiger partial charge < -0.3 is 4.42 Å². The Hall–Kier alpha value is -1.85. The Morgan fingerprint density at radius 1 is 1.73 bits per heavy atom. The standard InChI is InChI=1S/C5H3N3O3/c9-8(10)4-3-7-2-1-6-5(7)11-4/h1-3H. The largest absolute Gasteiger partial charge is 0.452 e. The maximum atomic E-state index is 10.1. The monoisotopic (exact) mass is 153 g/mol. The zero-order valence-corrected chi connectivity index (χ0v) is 5.30. The number of hydrogen-bond acceptors (Lipinski definition) is 4. The normalized spacial score (nSPS) is 10.5. The molecule has 11 heavy (non-hydrogen) atoms. The molecule has 2 heterocycles. The maximum absolute atomic E-state index is 10.1. The van der Waals surface area contributed by atoms with Crippen molar-refractivity contribution in [2.45, 2.75) is 0 Å². The summed E-state index contributed by atoms with van der Waals surface area (Å²) in [5.41, 5.74) is 0. The van der Waals surface area contributed by atoms with Crippen LogP contribution in [0.5, 0.6) is 0 Å². The average molecular weight is 153 g/mol. The van der Waals surface area contributed by atoms with Gasteiger partial charge in [-0.15, -0.1) is 0 Å². The summed E-state index contributed by atoms with van der Waals surface area (Å²) in [7, 11) is 0. The third kappa shape index (κ3) is 0.759. The highest BCUT2D eigenvalue weighted by molar-refractivity contribution is 5.29. The molecule has 0 unspecified atom stereocenters. The molecule has 2 rings (SSSR count). The average Bonchev–Trinajstić information content (AvgIpc) is 2.40. The molecule has 0 amide bonds. The summed E-state index contributed by atoms with van der Waals surface area (Å²) >= 11 is 0. The third-order valence-electron chi connectivity index (χ3n) is 1.26. The number of rotatable bonds is 1. The van der Waals surface area contributed by atoms with Gasteiger partial charge in [-0.2, -0.15) is 0 Å². The van der Waals surface area contributed by atoms with Gasteiger partial charge in [-0.1, -0.05) is 0 Å². The number of aromatic nitrogens is 2. The number of oxazole rings is 1. The van der Waals surface area contributed by atoms with Crippen LogP contribution in [0, 0.1) is 10.1 Å². The number of nitro groups is 1. The first-order chi connectivity index (χ1) is 5.27. The Morgan fingerprint density at radius 3 is 3.18 bits per heavy atom. The number of hydrogen-bond donors (Lipinski definition) is 0. The van der Waals surface area contributed by atoms with E-state index in [1.54, 1.807) is 6.20 Å². The van der Waals surface area contributed by atoms with E-state index in [0.29, 0.717) is 0 Å². The van der Waals surface area contributed by atoms with Gasteiger partial charge in [0.15, 0.2) is 0 Å². The Morgan fingerprint density at radius 2 is 2.55 bits per heavy atom. The fourth-order valence-electron chi connectivity index (χ4n) is 0.800. The summed E-state index contributed by atoms with van der Waals surface area (Å²) in [5.74, 6) is -0.0650. The van der Waals surface area contributed by atoms with Crippen molar-refractivity contribution in [3.8, 4) is 0 Å². The fourth-order valence-corrected chi connectivity index (χ4v) is 0.800. The molecule has 0 spiro atoms. The number of imidazole rings is 1. The zero-order valence-electron chi connectivity index (χ0n) is 5.30. The summed E-state index contributed by atoms with van der Waals surface area (Å²) < 4.78 is 6.16. The molecular weight excluding hydrogens is 150 g/mol. The third-order valence-corrected chi connectivity index (χ3v) is 1.26. The predicted octanol–water partition coefficient (Wildman–Crippen LogP) is 0.835. The van der Waals surface area contributed by atoms with Gasteiger partial charge in [0, 0.05) is 12.4 Å². The van der Waals surface area contributed by atoms with E-state index >= 15 is 0 Å². The Kier molecular flexibility index (Phi) is 0.974. The molecule has 0 atom stereocenters. The lowest BCUT2D eigenvalue weighted by molar-refractivity contribution is -0.401. The minimum Gasteiger partial charge on any atom is -0.365 e. The minimum absolute atomic E-state index is 0.233. The van der Waals surface area contributed by atoms with Crippen molar-refractivity contribution in [2.75, 3.05) is 0 Å². The van der Waals surface area contributed by atoms with Crippen LogP contribution >= 0.6 is 0 Å². The zero-order chi connectivity index (χ0) is 7.84. The molecule has 0 saturated carbocycles. The van der Waals surface area contributed by atoms with Crippen molar-refractivity contribution >= 4 is 11.7 Å². The van der Waals surface area contributed by atoms with Crippen molar-refractivity contribution in [1.29, 1.82) is 0 Å². The first-order valence-corrected chi connectivity index (χ1v) is 2.84. The topological polar surface area (TPSA) is 73.6 Å². The van der Waals surface area contributed by atoms with E-state index in [1.165, 1.54) is 16.8 Å². The molecule has 0 bridgehead atoms. The molecule has 0 aromatic carbocycles. The molecular formula is C5H3N3O3. The quantitative estimate of drug-likeness (QED) is 0.449. The summed E-state index contributed by atoms with van der Waals surface area (Å²) in [4.78, 5) is 13.3. The molecule has 2 aromatic rings. The molecule has 0 fully saturated rings. The summed E-state index contributed by atoms with van der Waals surface area (Å²) in [5, 5.41) is 10.1. The highest BCUT2D eigenvalue weighted by atomic mass is 16.6. The van der Waals surface area contributed by atoms with Crippen molar-refractivity contribution < 1.29 is 9.34 Å². The molecule has 2 aromatic heterocycles. The highest BCUT2D eigenvalue weighted by Crippen LogP contribution is 2.14. The molecule has 0 aliphatic rings. The van der Waals surface area contributed by atoms with E-state index in [4.69, 9.17) is 4.42 Å². The molecule has 0 aliphatic carbocycles. The maximum Gasteiger partial charge on any atom is 0.452 e. The van der Waals surface area contributed by atoms with E-state index in [2.05, 4.69) is 4.98 Å². The lowest BCUT2D eigenvalue weighted by Gasteiger charge is -1.76. The lowest BCUT2D eigenvalue weighted by Crippen LogP contribution is -1.83. The van der Waals surface area contributed by atoms with Gasteiger partial charge in [0.1, 0.15) is 11.1 Å². The van der Waals surface area contributed by atoms with Crippen molar-refractivity contribution in [1.82, 2.24) is 9.38 Å². The summed E-state index contributed by atoms with van der Waals surface area (Å²) in [6.45, 7) is 0. The summed E-state index contributed by atoms with van der Waals surface area (Å²) in [6, 6.07) is 0. The van der Waals surface area contributed by atoms with E-state index in [9.17, 15) is 10.1 Å². The van der Waals surface area contributed by atoms with Crippen LogP contribution in [0.2, 0.25) is 0 Å². The first kappa shape index (κ1) is 5.90. The van der Waals surface area contributed by atoms with Crippen LogP contribution < -0.4 is 0 Å². The SMILES string of the molecule is O=[N+]([O-])c1cn2ccnc2o1. The minimum atomic E-state index is -0.602. The molecule has 56 valence electrons. The van der Waals surface area contributed by atoms with Crippen LogP contribution in [0.4, 0.5) is 5.88 Å². The number of nitrogens with zero attached hydrogens (tertiary/aromatic N) is 3. The Balaban J connectivity index is 2.67. The van der Waals surface area contributed by atoms with Gasteiger partial charge in [-0.25, -0.2) is 4.98 Å².